The van der Waals surface area contributed by atoms with E-state index in [0.29, 0.717) is 11.5 Å². The fourth-order valence-corrected chi connectivity index (χ4v) is 8.83. The van der Waals surface area contributed by atoms with E-state index in [0.717, 1.165) is 49.7 Å². The van der Waals surface area contributed by atoms with Crippen LogP contribution in [-0.2, 0) is 30.1 Å². The molecule has 56 heavy (non-hydrogen) atoms. The molecule has 9 N–H and O–H groups in total. The summed E-state index contributed by atoms with van der Waals surface area (Å²) in [5.74, 6) is 1.21. The summed E-state index contributed by atoms with van der Waals surface area (Å²) in [6, 6.07) is 3.98. The number of hydrogen-bond acceptors (Lipinski definition) is 16. The number of unbranched alkanes of at least 4 members (excludes halogenated alkanes) is 2. The van der Waals surface area contributed by atoms with E-state index < -0.39 is 111 Å². The van der Waals surface area contributed by atoms with Crippen molar-refractivity contribution in [1.29, 1.82) is 0 Å². The lowest BCUT2D eigenvalue weighted by molar-refractivity contribution is -0.377. The summed E-state index contributed by atoms with van der Waals surface area (Å²) in [6.07, 6.45) is -15.5. The zero-order valence-corrected chi connectivity index (χ0v) is 32.8. The Bertz CT molecular complexity index is 1490. The molecule has 0 saturated carbocycles. The van der Waals surface area contributed by atoms with Crippen molar-refractivity contribution in [3.8, 4) is 11.5 Å². The molecule has 0 radical (unpaired) electrons. The van der Waals surface area contributed by atoms with Gasteiger partial charge in [-0.15, -0.1) is 0 Å². The third kappa shape index (κ3) is 8.66. The van der Waals surface area contributed by atoms with Crippen LogP contribution in [0, 0.1) is 5.92 Å². The molecular weight excluding hydrogens is 736 g/mol. The number of rotatable bonds is 13. The molecule has 3 fully saturated rings. The molecule has 16 heteroatoms. The van der Waals surface area contributed by atoms with E-state index in [1.54, 1.807) is 6.92 Å². The van der Waals surface area contributed by atoms with Gasteiger partial charge in [-0.3, -0.25) is 0 Å². The molecule has 17 atom stereocenters. The van der Waals surface area contributed by atoms with Crippen LogP contribution in [0.4, 0.5) is 0 Å². The monoisotopic (exact) mass is 798 g/mol. The molecule has 0 spiro atoms. The largest absolute Gasteiger partial charge is 0.487 e. The highest BCUT2D eigenvalue weighted by molar-refractivity contribution is 5.54. The molecule has 1 aromatic carbocycles. The first-order valence-corrected chi connectivity index (χ1v) is 20.1. The van der Waals surface area contributed by atoms with Crippen LogP contribution in [0.3, 0.4) is 0 Å². The van der Waals surface area contributed by atoms with Crippen molar-refractivity contribution in [2.75, 3.05) is 13.2 Å². The number of benzene rings is 1. The van der Waals surface area contributed by atoms with E-state index in [4.69, 9.17) is 33.2 Å². The molecule has 318 valence electrons. The third-order valence-electron chi connectivity index (χ3n) is 12.1. The topological polar surface area (TPSA) is 247 Å². The first-order chi connectivity index (χ1) is 26.6. The minimum absolute atomic E-state index is 0.0474. The molecule has 0 bridgehead atoms. The first kappa shape index (κ1) is 43.6. The van der Waals surface area contributed by atoms with Gasteiger partial charge in [-0.25, -0.2) is 0 Å². The van der Waals surface area contributed by atoms with Gasteiger partial charge in [-0.1, -0.05) is 38.3 Å². The van der Waals surface area contributed by atoms with Gasteiger partial charge >= 0.3 is 0 Å². The van der Waals surface area contributed by atoms with Crippen molar-refractivity contribution in [3.63, 3.8) is 0 Å². The minimum atomic E-state index is -1.86. The smallest absolute Gasteiger partial charge is 0.229 e. The van der Waals surface area contributed by atoms with Crippen molar-refractivity contribution >= 4 is 0 Å². The molecule has 16 nitrogen and oxygen atoms in total. The van der Waals surface area contributed by atoms with Crippen LogP contribution in [0.15, 0.2) is 23.8 Å². The number of ether oxygens (including phenoxy) is 7. The lowest BCUT2D eigenvalue weighted by Crippen LogP contribution is -2.66. The van der Waals surface area contributed by atoms with Crippen LogP contribution >= 0.6 is 0 Å². The van der Waals surface area contributed by atoms with Gasteiger partial charge in [0.1, 0.15) is 84.2 Å². The number of hydrogen-bond donors (Lipinski definition) is 9. The van der Waals surface area contributed by atoms with E-state index in [9.17, 15) is 46.0 Å². The van der Waals surface area contributed by atoms with Gasteiger partial charge in [0.05, 0.1) is 19.3 Å². The predicted octanol–water partition coefficient (Wildman–Crippen LogP) is 0.275. The lowest BCUT2D eigenvalue weighted by atomic mass is 9.68. The van der Waals surface area contributed by atoms with Crippen molar-refractivity contribution in [2.24, 2.45) is 5.92 Å². The summed E-state index contributed by atoms with van der Waals surface area (Å²) in [7, 11) is 0. The number of aryl methyl sites for hydroxylation is 1. The van der Waals surface area contributed by atoms with Crippen LogP contribution in [0.1, 0.15) is 90.2 Å². The molecule has 0 aromatic heterocycles. The first-order valence-electron chi connectivity index (χ1n) is 20.1. The van der Waals surface area contributed by atoms with Crippen LogP contribution in [0.25, 0.3) is 0 Å². The van der Waals surface area contributed by atoms with E-state index in [-0.39, 0.29) is 18.3 Å². The maximum Gasteiger partial charge on any atom is 0.229 e. The van der Waals surface area contributed by atoms with Gasteiger partial charge in [0.15, 0.2) is 12.6 Å². The summed E-state index contributed by atoms with van der Waals surface area (Å²) in [4.78, 5) is 0. The molecule has 6 rings (SSSR count). The Morgan fingerprint density at radius 2 is 1.36 bits per heavy atom. The molecule has 1 aromatic rings. The Morgan fingerprint density at radius 3 is 2.04 bits per heavy atom. The molecule has 3 saturated heterocycles. The second kappa shape index (κ2) is 18.1. The highest BCUT2D eigenvalue weighted by Crippen LogP contribution is 2.54. The van der Waals surface area contributed by atoms with Gasteiger partial charge in [0.2, 0.25) is 6.29 Å². The Morgan fingerprint density at radius 1 is 0.714 bits per heavy atom. The Balaban J connectivity index is 1.23. The summed E-state index contributed by atoms with van der Waals surface area (Å²) in [6.45, 7) is 8.61. The van der Waals surface area contributed by atoms with Gasteiger partial charge in [0, 0.05) is 17.4 Å². The van der Waals surface area contributed by atoms with Gasteiger partial charge in [-0.05, 0) is 70.6 Å². The van der Waals surface area contributed by atoms with E-state index >= 15 is 0 Å². The molecule has 0 unspecified atom stereocenters. The minimum Gasteiger partial charge on any atom is -0.487 e. The number of fused-ring (bicyclic) bond motifs is 3. The maximum absolute atomic E-state index is 11.5. The second-order valence-electron chi connectivity index (χ2n) is 16.5. The number of aliphatic hydroxyl groups excluding tert-OH is 9. The van der Waals surface area contributed by atoms with Gasteiger partial charge in [0.25, 0.3) is 0 Å². The van der Waals surface area contributed by atoms with Crippen LogP contribution < -0.4 is 9.47 Å². The zero-order chi connectivity index (χ0) is 40.6. The highest BCUT2D eigenvalue weighted by Gasteiger charge is 2.54. The average Bonchev–Trinajstić information content (AvgIpc) is 3.16. The molecule has 1 aliphatic carbocycles. The van der Waals surface area contributed by atoms with Crippen molar-refractivity contribution in [2.45, 2.75) is 183 Å². The Kier molecular flexibility index (Phi) is 14.1. The Hall–Kier alpha value is -2.00. The predicted molar refractivity (Wildman–Crippen MR) is 196 cm³/mol. The molecule has 4 heterocycles. The second-order valence-corrected chi connectivity index (χ2v) is 16.5. The van der Waals surface area contributed by atoms with Crippen LogP contribution in [0.2, 0.25) is 0 Å². The fourth-order valence-electron chi connectivity index (χ4n) is 8.83. The highest BCUT2D eigenvalue weighted by atomic mass is 16.8. The van der Waals surface area contributed by atoms with Crippen molar-refractivity contribution in [3.05, 3.63) is 34.9 Å². The van der Waals surface area contributed by atoms with Gasteiger partial charge < -0.3 is 79.1 Å². The number of allylic oxidation sites excluding steroid dienone is 2. The van der Waals surface area contributed by atoms with Crippen LogP contribution in [-0.4, -0.2) is 157 Å². The van der Waals surface area contributed by atoms with E-state index in [1.165, 1.54) is 5.57 Å². The molecular formula is C40H62O16. The SMILES string of the molecule is CCCCCc1cc(O[C@@H]2O[C@H](CO)[C@@H](O[C@@H]3O[C@H](CO)[C@@H](O)[C@H](O[C@@H]4O[C@H](CC)[C@@H](O)[C@H](O)[C@H]4O)[C@H]3O)[C@H](O)[C@H]2O)c2c(c1)OC(C)(C)[C@@H]1CCC(C)=C[C@@H]21. The average molecular weight is 799 g/mol. The summed E-state index contributed by atoms with van der Waals surface area (Å²) in [5.41, 5.74) is 2.59. The summed E-state index contributed by atoms with van der Waals surface area (Å²) >= 11 is 0. The summed E-state index contributed by atoms with van der Waals surface area (Å²) < 4.78 is 42.2. The molecule has 4 aliphatic heterocycles. The molecule has 0 amide bonds. The van der Waals surface area contributed by atoms with E-state index in [2.05, 4.69) is 39.8 Å². The lowest BCUT2D eigenvalue weighted by Gasteiger charge is -2.48. The maximum atomic E-state index is 11.5. The molecule has 5 aliphatic rings. The van der Waals surface area contributed by atoms with Crippen molar-refractivity contribution in [1.82, 2.24) is 0 Å². The standard InChI is InChI=1S/C40H62O16/c1-6-8-9-10-19-14-23(27-20-13-18(3)11-12-21(20)40(4,5)56-24(27)15-19)51-37-33(48)31(46)35(26(17-42)53-37)54-39-34(49)36(29(44)25(16-41)52-39)55-38-32(47)30(45)28(43)22(7-2)50-38/h13-15,20-22,25-26,28-39,41-49H,6-12,16-17H2,1-5H3/t20-,21-,22-,25-,26-,28-,29-,30+,31-,32-,33-,34-,35-,36+,37-,38+,39+/m1/s1. The Labute approximate surface area is 327 Å². The quantitative estimate of drug-likeness (QED) is 0.0961. The zero-order valence-electron chi connectivity index (χ0n) is 32.8. The number of aliphatic hydroxyl groups is 9. The third-order valence-corrected chi connectivity index (χ3v) is 12.1. The normalized spacial score (nSPS) is 42.2. The van der Waals surface area contributed by atoms with Gasteiger partial charge in [-0.2, -0.15) is 0 Å². The van der Waals surface area contributed by atoms with E-state index in [1.807, 2.05) is 6.07 Å². The summed E-state index contributed by atoms with van der Waals surface area (Å²) in [5, 5.41) is 97.2. The van der Waals surface area contributed by atoms with Crippen LogP contribution in [0.5, 0.6) is 11.5 Å². The fraction of sp³-hybridized carbons (Fsp3) is 0.800. The van der Waals surface area contributed by atoms with Crippen molar-refractivity contribution < 1.29 is 79.1 Å².